The first-order valence-electron chi connectivity index (χ1n) is 11.7. The standard InChI is InChI=1S/C21H42N2.CH4O4S/c1-4-5-6-7-8-9-10-11-12-13-14-15-16-21(20(2)3)23-18-17-22-19-23;1-5-6(2,3)4/h19-21H,4-18H2,1-3H3;1H3,(H,2,3,4). The highest BCUT2D eigenvalue weighted by Gasteiger charge is 2.23. The van der Waals surface area contributed by atoms with Gasteiger partial charge in [-0.3, -0.25) is 14.1 Å². The second-order valence-electron chi connectivity index (χ2n) is 8.39. The SMILES string of the molecule is CCCCCCCCCCCCCCC(C(C)C)[N+]1=CNCC1.COS(=O)(=O)[O-]. The van der Waals surface area contributed by atoms with E-state index >= 15 is 0 Å². The van der Waals surface area contributed by atoms with Gasteiger partial charge in [0.2, 0.25) is 16.7 Å². The third-order valence-corrected chi connectivity index (χ3v) is 5.93. The summed E-state index contributed by atoms with van der Waals surface area (Å²) in [5.74, 6) is 0.763. The van der Waals surface area contributed by atoms with Crippen molar-refractivity contribution in [3.63, 3.8) is 0 Å². The highest BCUT2D eigenvalue weighted by Crippen LogP contribution is 2.17. The minimum absolute atomic E-state index is 0.744. The third kappa shape index (κ3) is 17.9. The number of nitrogens with one attached hydrogen (secondary N) is 1. The fourth-order valence-electron chi connectivity index (χ4n) is 3.78. The van der Waals surface area contributed by atoms with Crippen molar-refractivity contribution in [1.29, 1.82) is 0 Å². The molecule has 0 spiro atoms. The Balaban J connectivity index is 0.00000113. The molecule has 1 heterocycles. The molecule has 0 aromatic carbocycles. The van der Waals surface area contributed by atoms with E-state index in [4.69, 9.17) is 0 Å². The number of hydrogen-bond donors (Lipinski definition) is 1. The summed E-state index contributed by atoms with van der Waals surface area (Å²) in [6, 6.07) is 0.744. The molecule has 0 saturated carbocycles. The fraction of sp³-hybridized carbons (Fsp3) is 0.955. The Morgan fingerprint density at radius 2 is 1.41 bits per heavy atom. The maximum atomic E-state index is 9.22. The Hall–Kier alpha value is -0.660. The molecule has 0 saturated heterocycles. The summed E-state index contributed by atoms with van der Waals surface area (Å²) >= 11 is 0. The van der Waals surface area contributed by atoms with Crippen LogP contribution in [0.4, 0.5) is 0 Å². The molecule has 1 rings (SSSR count). The Bertz CT molecular complexity index is 507. The summed E-state index contributed by atoms with van der Waals surface area (Å²) in [4.78, 5) is 0. The Labute approximate surface area is 180 Å². The molecule has 174 valence electrons. The number of nitrogens with zero attached hydrogens (tertiary/aromatic N) is 1. The molecule has 0 bridgehead atoms. The van der Waals surface area contributed by atoms with Gasteiger partial charge in [-0.05, 0) is 18.8 Å². The van der Waals surface area contributed by atoms with Gasteiger partial charge in [-0.25, -0.2) is 8.42 Å². The zero-order valence-electron chi connectivity index (χ0n) is 19.3. The molecule has 1 N–H and O–H groups in total. The smallest absolute Gasteiger partial charge is 0.232 e. The molecule has 6 nitrogen and oxygen atoms in total. The van der Waals surface area contributed by atoms with E-state index < -0.39 is 10.4 Å². The molecule has 0 aromatic heterocycles. The van der Waals surface area contributed by atoms with Crippen LogP contribution in [0.2, 0.25) is 0 Å². The number of unbranched alkanes of at least 4 members (excludes halogenated alkanes) is 11. The summed E-state index contributed by atoms with van der Waals surface area (Å²) < 4.78 is 33.6. The number of rotatable bonds is 16. The van der Waals surface area contributed by atoms with Crippen molar-refractivity contribution in [3.05, 3.63) is 0 Å². The monoisotopic (exact) mass is 434 g/mol. The van der Waals surface area contributed by atoms with E-state index in [9.17, 15) is 13.0 Å². The van der Waals surface area contributed by atoms with Crippen molar-refractivity contribution in [1.82, 2.24) is 5.32 Å². The zero-order valence-corrected chi connectivity index (χ0v) is 20.1. The molecular weight excluding hydrogens is 388 g/mol. The van der Waals surface area contributed by atoms with Crippen LogP contribution in [0.1, 0.15) is 104 Å². The molecule has 29 heavy (non-hydrogen) atoms. The van der Waals surface area contributed by atoms with Crippen LogP contribution in [-0.2, 0) is 14.6 Å². The van der Waals surface area contributed by atoms with E-state index in [1.54, 1.807) is 0 Å². The molecule has 1 aliphatic heterocycles. The van der Waals surface area contributed by atoms with E-state index in [1.165, 1.54) is 90.0 Å². The molecule has 0 aliphatic carbocycles. The lowest BCUT2D eigenvalue weighted by molar-refractivity contribution is -0.562. The Morgan fingerprint density at radius 1 is 0.966 bits per heavy atom. The molecule has 1 unspecified atom stereocenters. The van der Waals surface area contributed by atoms with Crippen LogP contribution in [0.15, 0.2) is 0 Å². The van der Waals surface area contributed by atoms with Gasteiger partial charge in [0.25, 0.3) is 0 Å². The lowest BCUT2D eigenvalue weighted by atomic mass is 9.96. The maximum Gasteiger partial charge on any atom is 0.232 e. The average molecular weight is 435 g/mol. The molecular formula is C22H46N2O4S. The molecule has 1 aliphatic rings. The van der Waals surface area contributed by atoms with Crippen LogP contribution in [0.25, 0.3) is 0 Å². The highest BCUT2D eigenvalue weighted by atomic mass is 32.3. The summed E-state index contributed by atoms with van der Waals surface area (Å²) in [6.07, 6.45) is 20.9. The van der Waals surface area contributed by atoms with Gasteiger partial charge in [-0.1, -0.05) is 91.4 Å². The predicted molar refractivity (Wildman–Crippen MR) is 120 cm³/mol. The summed E-state index contributed by atoms with van der Waals surface area (Å²) in [5.41, 5.74) is 0. The van der Waals surface area contributed by atoms with Crippen LogP contribution in [-0.4, -0.2) is 50.1 Å². The van der Waals surface area contributed by atoms with Crippen molar-refractivity contribution in [2.75, 3.05) is 20.2 Å². The van der Waals surface area contributed by atoms with Gasteiger partial charge in [0.1, 0.15) is 13.1 Å². The van der Waals surface area contributed by atoms with E-state index in [-0.39, 0.29) is 0 Å². The quantitative estimate of drug-likeness (QED) is 0.163. The minimum Gasteiger partial charge on any atom is -0.726 e. The highest BCUT2D eigenvalue weighted by molar-refractivity contribution is 7.80. The van der Waals surface area contributed by atoms with Crippen LogP contribution in [0.3, 0.4) is 0 Å². The predicted octanol–water partition coefficient (Wildman–Crippen LogP) is 4.84. The first kappa shape index (κ1) is 28.3. The van der Waals surface area contributed by atoms with Crippen LogP contribution >= 0.6 is 0 Å². The zero-order chi connectivity index (χ0) is 22.0. The second-order valence-corrected chi connectivity index (χ2v) is 9.53. The largest absolute Gasteiger partial charge is 0.726 e. The van der Waals surface area contributed by atoms with Crippen LogP contribution < -0.4 is 5.32 Å². The molecule has 0 radical (unpaired) electrons. The molecule has 1 atom stereocenters. The van der Waals surface area contributed by atoms with Gasteiger partial charge >= 0.3 is 0 Å². The Kier molecular flexibility index (Phi) is 17.7. The first-order valence-corrected chi connectivity index (χ1v) is 13.0. The van der Waals surface area contributed by atoms with E-state index in [2.05, 4.69) is 41.2 Å². The van der Waals surface area contributed by atoms with Crippen molar-refractivity contribution in [2.24, 2.45) is 5.92 Å². The van der Waals surface area contributed by atoms with Gasteiger partial charge < -0.3 is 4.55 Å². The lowest BCUT2D eigenvalue weighted by Gasteiger charge is -2.20. The normalized spacial score (nSPS) is 14.9. The van der Waals surface area contributed by atoms with Gasteiger partial charge in [-0.2, -0.15) is 0 Å². The summed E-state index contributed by atoms with van der Waals surface area (Å²) in [5, 5.41) is 3.35. The third-order valence-electron chi connectivity index (χ3n) is 5.52. The van der Waals surface area contributed by atoms with Crippen LogP contribution in [0.5, 0.6) is 0 Å². The topological polar surface area (TPSA) is 81.5 Å². The van der Waals surface area contributed by atoms with Crippen molar-refractivity contribution in [3.8, 4) is 0 Å². The van der Waals surface area contributed by atoms with Crippen molar-refractivity contribution >= 4 is 16.7 Å². The average Bonchev–Trinajstić information content (AvgIpc) is 3.19. The van der Waals surface area contributed by atoms with Gasteiger partial charge in [0, 0.05) is 0 Å². The van der Waals surface area contributed by atoms with E-state index in [0.717, 1.165) is 25.6 Å². The molecule has 7 heteroatoms. The van der Waals surface area contributed by atoms with Gasteiger partial charge in [0.15, 0.2) is 0 Å². The minimum atomic E-state index is -4.41. The Morgan fingerprint density at radius 3 is 1.76 bits per heavy atom. The molecule has 0 amide bonds. The van der Waals surface area contributed by atoms with Crippen LogP contribution in [0, 0.1) is 5.92 Å². The van der Waals surface area contributed by atoms with Gasteiger partial charge in [0.05, 0.1) is 13.2 Å². The maximum absolute atomic E-state index is 9.22. The molecule has 0 fully saturated rings. The lowest BCUT2D eigenvalue weighted by Crippen LogP contribution is -2.30. The van der Waals surface area contributed by atoms with Gasteiger partial charge in [-0.15, -0.1) is 0 Å². The van der Waals surface area contributed by atoms with Crippen molar-refractivity contribution < 1.29 is 21.7 Å². The molecule has 0 aromatic rings. The van der Waals surface area contributed by atoms with E-state index in [1.807, 2.05) is 0 Å². The first-order chi connectivity index (χ1) is 13.8. The summed E-state index contributed by atoms with van der Waals surface area (Å²) in [7, 11) is -3.60. The summed E-state index contributed by atoms with van der Waals surface area (Å²) in [6.45, 7) is 9.36. The van der Waals surface area contributed by atoms with E-state index in [0.29, 0.717) is 0 Å². The van der Waals surface area contributed by atoms with Crippen molar-refractivity contribution in [2.45, 2.75) is 110 Å². The fourth-order valence-corrected chi connectivity index (χ4v) is 3.78. The second kappa shape index (κ2) is 18.1. The number of hydrogen-bond acceptors (Lipinski definition) is 5.